The zero-order valence-electron chi connectivity index (χ0n) is 23.8. The van der Waals surface area contributed by atoms with E-state index in [1.54, 1.807) is 4.52 Å². The molecular weight excluding hydrogens is 502 g/mol. The average molecular weight is 542 g/mol. The monoisotopic (exact) mass is 541 g/mol. The largest absolute Gasteiger partial charge is 0.372 e. The second-order valence-electron chi connectivity index (χ2n) is 12.4. The van der Waals surface area contributed by atoms with Crippen molar-refractivity contribution in [3.8, 4) is 11.3 Å². The SMILES string of the molecule is Cc1cc(-c2[nH]c3ccc(C4CCN(C(=O)CCN5C[C@H]6CC[C@@H](C5)O6)CC4)cc3c2C(C)C)cn2nnnc12. The van der Waals surface area contributed by atoms with Gasteiger partial charge in [0.15, 0.2) is 5.65 Å². The van der Waals surface area contributed by atoms with Gasteiger partial charge < -0.3 is 14.6 Å². The standard InChI is InChI=1S/C31H39N7O2/c1-19(2)29-26-15-22(4-7-27(26)32-30(29)23-14-20(3)31-33-34-35-38(31)16-23)21-8-12-37(13-9-21)28(39)10-11-36-17-24-5-6-25(18-36)40-24/h4,7,14-16,19,21,24-25,32H,5-6,8-13,17-18H2,1-3H3/t24-,25+. The van der Waals surface area contributed by atoms with Gasteiger partial charge >= 0.3 is 0 Å². The molecule has 0 saturated carbocycles. The van der Waals surface area contributed by atoms with Gasteiger partial charge in [0, 0.05) is 61.8 Å². The van der Waals surface area contributed by atoms with E-state index in [9.17, 15) is 4.79 Å². The zero-order chi connectivity index (χ0) is 27.4. The number of hydrogen-bond acceptors (Lipinski definition) is 6. The zero-order valence-corrected chi connectivity index (χ0v) is 23.8. The summed E-state index contributed by atoms with van der Waals surface area (Å²) in [6, 6.07) is 9.06. The summed E-state index contributed by atoms with van der Waals surface area (Å²) in [6.45, 7) is 11.1. The number of fused-ring (bicyclic) bond motifs is 4. The highest BCUT2D eigenvalue weighted by Gasteiger charge is 2.34. The summed E-state index contributed by atoms with van der Waals surface area (Å²) in [5, 5.41) is 13.4. The van der Waals surface area contributed by atoms with Crippen LogP contribution in [-0.4, -0.2) is 85.7 Å². The van der Waals surface area contributed by atoms with Gasteiger partial charge in [-0.25, -0.2) is 0 Å². The highest BCUT2D eigenvalue weighted by Crippen LogP contribution is 2.38. The van der Waals surface area contributed by atoms with Crippen LogP contribution in [0.15, 0.2) is 30.5 Å². The Morgan fingerprint density at radius 1 is 1.10 bits per heavy atom. The van der Waals surface area contributed by atoms with Gasteiger partial charge in [-0.2, -0.15) is 4.52 Å². The Balaban J connectivity index is 1.05. The summed E-state index contributed by atoms with van der Waals surface area (Å²) in [5.74, 6) is 1.13. The fourth-order valence-electron chi connectivity index (χ4n) is 7.21. The molecule has 40 heavy (non-hydrogen) atoms. The van der Waals surface area contributed by atoms with Gasteiger partial charge in [0.05, 0.1) is 17.9 Å². The molecule has 210 valence electrons. The molecule has 3 saturated heterocycles. The first-order valence-corrected chi connectivity index (χ1v) is 14.9. The van der Waals surface area contributed by atoms with Gasteiger partial charge in [-0.15, -0.1) is 5.10 Å². The van der Waals surface area contributed by atoms with E-state index in [1.165, 1.54) is 29.4 Å². The van der Waals surface area contributed by atoms with Crippen molar-refractivity contribution in [3.05, 3.63) is 47.2 Å². The first-order valence-electron chi connectivity index (χ1n) is 14.9. The molecule has 4 aromatic rings. The molecule has 2 bridgehead atoms. The smallest absolute Gasteiger partial charge is 0.223 e. The van der Waals surface area contributed by atoms with Gasteiger partial charge in [0.25, 0.3) is 0 Å². The molecule has 3 aliphatic heterocycles. The molecule has 1 N–H and O–H groups in total. The molecule has 1 aromatic carbocycles. The molecule has 9 nitrogen and oxygen atoms in total. The van der Waals surface area contributed by atoms with Crippen molar-refractivity contribution >= 4 is 22.5 Å². The summed E-state index contributed by atoms with van der Waals surface area (Å²) in [4.78, 5) is 21.3. The third-order valence-corrected chi connectivity index (χ3v) is 9.29. The summed E-state index contributed by atoms with van der Waals surface area (Å²) >= 11 is 0. The number of nitrogens with one attached hydrogen (secondary N) is 1. The Hall–Kier alpha value is -3.30. The van der Waals surface area contributed by atoms with E-state index in [0.29, 0.717) is 36.4 Å². The van der Waals surface area contributed by atoms with E-state index in [1.807, 2.05) is 13.1 Å². The minimum Gasteiger partial charge on any atom is -0.372 e. The number of aromatic nitrogens is 5. The van der Waals surface area contributed by atoms with Crippen molar-refractivity contribution in [2.24, 2.45) is 0 Å². The summed E-state index contributed by atoms with van der Waals surface area (Å²) in [7, 11) is 0. The number of nitrogens with zero attached hydrogens (tertiary/aromatic N) is 6. The van der Waals surface area contributed by atoms with Crippen LogP contribution in [0.1, 0.15) is 74.5 Å². The molecule has 1 amide bonds. The normalized spacial score (nSPS) is 22.2. The van der Waals surface area contributed by atoms with Gasteiger partial charge in [-0.05, 0) is 89.8 Å². The van der Waals surface area contributed by atoms with Crippen LogP contribution in [0.5, 0.6) is 0 Å². The fraction of sp³-hybridized carbons (Fsp3) is 0.548. The number of H-pyrrole nitrogens is 1. The predicted molar refractivity (Wildman–Crippen MR) is 154 cm³/mol. The lowest BCUT2D eigenvalue weighted by molar-refractivity contribution is -0.133. The maximum Gasteiger partial charge on any atom is 0.223 e. The summed E-state index contributed by atoms with van der Waals surface area (Å²) in [5.41, 5.74) is 7.92. The number of benzene rings is 1. The Labute approximate surface area is 234 Å². The van der Waals surface area contributed by atoms with Gasteiger partial charge in [0.2, 0.25) is 5.91 Å². The predicted octanol–water partition coefficient (Wildman–Crippen LogP) is 4.66. The van der Waals surface area contributed by atoms with Crippen molar-refractivity contribution in [2.45, 2.75) is 76.9 Å². The van der Waals surface area contributed by atoms with Crippen molar-refractivity contribution < 1.29 is 9.53 Å². The maximum absolute atomic E-state index is 13.0. The van der Waals surface area contributed by atoms with Crippen LogP contribution in [0, 0.1) is 6.92 Å². The number of likely N-dealkylation sites (tertiary alicyclic amines) is 2. The maximum atomic E-state index is 13.0. The van der Waals surface area contributed by atoms with Crippen molar-refractivity contribution in [3.63, 3.8) is 0 Å². The van der Waals surface area contributed by atoms with Crippen LogP contribution < -0.4 is 0 Å². The van der Waals surface area contributed by atoms with Gasteiger partial charge in [-0.1, -0.05) is 19.9 Å². The minimum absolute atomic E-state index is 0.306. The number of carbonyl (C=O) groups is 1. The Morgan fingerprint density at radius 2 is 1.88 bits per heavy atom. The van der Waals surface area contributed by atoms with E-state index in [4.69, 9.17) is 4.74 Å². The van der Waals surface area contributed by atoms with E-state index in [2.05, 4.69) is 68.4 Å². The quantitative estimate of drug-likeness (QED) is 0.382. The number of piperidine rings is 1. The molecule has 3 fully saturated rings. The van der Waals surface area contributed by atoms with Gasteiger partial charge in [-0.3, -0.25) is 9.69 Å². The summed E-state index contributed by atoms with van der Waals surface area (Å²) in [6.07, 6.45) is 7.78. The second kappa shape index (κ2) is 10.3. The fourth-order valence-corrected chi connectivity index (χ4v) is 7.21. The van der Waals surface area contributed by atoms with E-state index in [-0.39, 0.29) is 0 Å². The molecule has 9 heteroatoms. The molecular formula is C31H39N7O2. The number of pyridine rings is 1. The Kier molecular flexibility index (Phi) is 6.59. The molecule has 0 unspecified atom stereocenters. The van der Waals surface area contributed by atoms with E-state index in [0.717, 1.165) is 73.6 Å². The van der Waals surface area contributed by atoms with Crippen LogP contribution in [0.25, 0.3) is 27.8 Å². The van der Waals surface area contributed by atoms with Crippen LogP contribution in [-0.2, 0) is 9.53 Å². The van der Waals surface area contributed by atoms with Gasteiger partial charge in [0.1, 0.15) is 0 Å². The van der Waals surface area contributed by atoms with Crippen molar-refractivity contribution in [1.82, 2.24) is 34.8 Å². The highest BCUT2D eigenvalue weighted by molar-refractivity contribution is 5.92. The number of amides is 1. The number of ether oxygens (including phenoxy) is 1. The lowest BCUT2D eigenvalue weighted by Gasteiger charge is -2.34. The van der Waals surface area contributed by atoms with E-state index < -0.39 is 0 Å². The topological polar surface area (TPSA) is 91.7 Å². The minimum atomic E-state index is 0.306. The third kappa shape index (κ3) is 4.69. The van der Waals surface area contributed by atoms with Crippen LogP contribution >= 0.6 is 0 Å². The lowest BCUT2D eigenvalue weighted by atomic mass is 9.87. The molecule has 2 atom stereocenters. The third-order valence-electron chi connectivity index (χ3n) is 9.29. The number of hydrogen-bond donors (Lipinski definition) is 1. The first-order chi connectivity index (χ1) is 19.4. The molecule has 3 aromatic heterocycles. The van der Waals surface area contributed by atoms with E-state index >= 15 is 0 Å². The number of morpholine rings is 1. The number of rotatable bonds is 6. The van der Waals surface area contributed by atoms with Crippen LogP contribution in [0.2, 0.25) is 0 Å². The van der Waals surface area contributed by atoms with Crippen molar-refractivity contribution in [1.29, 1.82) is 0 Å². The molecule has 0 radical (unpaired) electrons. The highest BCUT2D eigenvalue weighted by atomic mass is 16.5. The number of aromatic amines is 1. The number of carbonyl (C=O) groups excluding carboxylic acids is 1. The Morgan fingerprint density at radius 3 is 2.62 bits per heavy atom. The molecule has 0 aliphatic carbocycles. The first kappa shape index (κ1) is 25.7. The molecule has 0 spiro atoms. The average Bonchev–Trinajstić information content (AvgIpc) is 3.68. The molecule has 6 heterocycles. The number of aryl methyl sites for hydroxylation is 1. The summed E-state index contributed by atoms with van der Waals surface area (Å²) < 4.78 is 7.70. The van der Waals surface area contributed by atoms with Crippen LogP contribution in [0.3, 0.4) is 0 Å². The lowest BCUT2D eigenvalue weighted by Crippen LogP contribution is -2.45. The van der Waals surface area contributed by atoms with Crippen LogP contribution in [0.4, 0.5) is 0 Å². The molecule has 7 rings (SSSR count). The van der Waals surface area contributed by atoms with Crippen molar-refractivity contribution in [2.75, 3.05) is 32.7 Å². The molecule has 3 aliphatic rings. The number of tetrazole rings is 1. The second-order valence-corrected chi connectivity index (χ2v) is 12.4. The Bertz CT molecular complexity index is 1540.